The highest BCUT2D eigenvalue weighted by Crippen LogP contribution is 2.45. The van der Waals surface area contributed by atoms with Gasteiger partial charge in [0.05, 0.1) is 39.1 Å². The molecule has 0 radical (unpaired) electrons. The van der Waals surface area contributed by atoms with Crippen molar-refractivity contribution in [3.8, 4) is 51.0 Å². The van der Waals surface area contributed by atoms with Crippen molar-refractivity contribution in [2.75, 3.05) is 0 Å². The molecule has 13 aromatic rings. The Labute approximate surface area is 355 Å². The van der Waals surface area contributed by atoms with Crippen LogP contribution < -0.4 is 0 Å². The van der Waals surface area contributed by atoms with Crippen LogP contribution in [0, 0.1) is 0 Å². The van der Waals surface area contributed by atoms with E-state index in [-0.39, 0.29) is 0 Å². The first kappa shape index (κ1) is 34.4. The fourth-order valence-corrected chi connectivity index (χ4v) is 9.77. The van der Waals surface area contributed by atoms with Crippen LogP contribution in [-0.2, 0) is 0 Å². The molecule has 0 spiro atoms. The molecule has 0 fully saturated rings. The van der Waals surface area contributed by atoms with Crippen molar-refractivity contribution in [2.24, 2.45) is 0 Å². The van der Waals surface area contributed by atoms with Crippen LogP contribution in [0.5, 0.6) is 0 Å². The molecule has 9 aromatic carbocycles. The highest BCUT2D eigenvalue weighted by Gasteiger charge is 2.26. The Morgan fingerprint density at radius 3 is 1.39 bits per heavy atom. The Balaban J connectivity index is 1.12. The summed E-state index contributed by atoms with van der Waals surface area (Å²) >= 11 is 0. The number of fused-ring (bicyclic) bond motifs is 10. The topological polar surface area (TPSA) is 53.7 Å². The third kappa shape index (κ3) is 4.98. The summed E-state index contributed by atoms with van der Waals surface area (Å²) in [5.41, 5.74) is 13.4. The van der Waals surface area contributed by atoms with Gasteiger partial charge >= 0.3 is 0 Å². The standard InChI is InChI=1S/C56H35N5O/c1-3-18-36(19-4-1)55-57-58-56(37-20-5-2-6-21-37)61(55)50-32-17-27-43-40-24-9-14-30-48(40)59(52(43)50)46-28-12-7-22-38(46)39-23-8-13-29-47(39)60-49-31-15-10-25-41(49)44-34-35-45-42-26-11-16-33-51(42)62-54(45)53(44)60/h1-35H. The smallest absolute Gasteiger partial charge is 0.168 e. The van der Waals surface area contributed by atoms with Gasteiger partial charge in [-0.2, -0.15) is 0 Å². The van der Waals surface area contributed by atoms with Crippen LogP contribution in [0.15, 0.2) is 217 Å². The molecule has 0 amide bonds. The van der Waals surface area contributed by atoms with Crippen LogP contribution in [0.4, 0.5) is 0 Å². The highest BCUT2D eigenvalue weighted by atomic mass is 16.3. The van der Waals surface area contributed by atoms with Crippen molar-refractivity contribution in [3.05, 3.63) is 212 Å². The van der Waals surface area contributed by atoms with Crippen molar-refractivity contribution in [2.45, 2.75) is 0 Å². The molecule has 6 heteroatoms. The predicted octanol–water partition coefficient (Wildman–Crippen LogP) is 14.4. The zero-order chi connectivity index (χ0) is 40.7. The van der Waals surface area contributed by atoms with Crippen molar-refractivity contribution in [1.29, 1.82) is 0 Å². The molecule has 0 aliphatic heterocycles. The van der Waals surface area contributed by atoms with E-state index in [0.29, 0.717) is 0 Å². The van der Waals surface area contributed by atoms with E-state index in [9.17, 15) is 0 Å². The van der Waals surface area contributed by atoms with E-state index in [1.807, 2.05) is 18.2 Å². The summed E-state index contributed by atoms with van der Waals surface area (Å²) < 4.78 is 13.9. The van der Waals surface area contributed by atoms with Crippen molar-refractivity contribution in [3.63, 3.8) is 0 Å². The van der Waals surface area contributed by atoms with E-state index in [2.05, 4.69) is 208 Å². The van der Waals surface area contributed by atoms with Gasteiger partial charge in [-0.25, -0.2) is 0 Å². The monoisotopic (exact) mass is 793 g/mol. The van der Waals surface area contributed by atoms with Gasteiger partial charge in [-0.3, -0.25) is 4.57 Å². The van der Waals surface area contributed by atoms with E-state index in [4.69, 9.17) is 14.6 Å². The van der Waals surface area contributed by atoms with E-state index in [1.165, 1.54) is 5.39 Å². The van der Waals surface area contributed by atoms with Gasteiger partial charge in [-0.1, -0.05) is 170 Å². The zero-order valence-corrected chi connectivity index (χ0v) is 33.4. The molecule has 0 aliphatic rings. The number of rotatable bonds is 6. The first-order chi connectivity index (χ1) is 30.8. The molecular formula is C56H35N5O. The van der Waals surface area contributed by atoms with Crippen LogP contribution in [-0.4, -0.2) is 23.9 Å². The fourth-order valence-electron chi connectivity index (χ4n) is 9.77. The van der Waals surface area contributed by atoms with Gasteiger partial charge < -0.3 is 13.6 Å². The second-order valence-corrected chi connectivity index (χ2v) is 15.8. The normalized spacial score (nSPS) is 11.9. The average Bonchev–Trinajstić information content (AvgIpc) is 4.12. The third-order valence-corrected chi connectivity index (χ3v) is 12.4. The van der Waals surface area contributed by atoms with Gasteiger partial charge in [-0.05, 0) is 42.5 Å². The second kappa shape index (κ2) is 13.5. The lowest BCUT2D eigenvalue weighted by molar-refractivity contribution is 0.671. The average molecular weight is 794 g/mol. The fraction of sp³-hybridized carbons (Fsp3) is 0. The molecule has 0 unspecified atom stereocenters. The van der Waals surface area contributed by atoms with E-state index in [0.717, 1.165) is 111 Å². The summed E-state index contributed by atoms with van der Waals surface area (Å²) in [6, 6.07) is 75.1. The van der Waals surface area contributed by atoms with Gasteiger partial charge in [-0.15, -0.1) is 10.2 Å². The van der Waals surface area contributed by atoms with Crippen LogP contribution in [0.1, 0.15) is 0 Å². The molecule has 0 saturated heterocycles. The number of hydrogen-bond donors (Lipinski definition) is 0. The molecule has 4 aromatic heterocycles. The molecule has 0 bridgehead atoms. The minimum Gasteiger partial charge on any atom is -0.454 e. The number of para-hydroxylation sites is 6. The molecule has 6 nitrogen and oxygen atoms in total. The third-order valence-electron chi connectivity index (χ3n) is 12.4. The molecule has 4 heterocycles. The maximum atomic E-state index is 6.78. The number of nitrogens with zero attached hydrogens (tertiary/aromatic N) is 5. The Kier molecular flexibility index (Phi) is 7.50. The predicted molar refractivity (Wildman–Crippen MR) is 254 cm³/mol. The van der Waals surface area contributed by atoms with Crippen LogP contribution in [0.3, 0.4) is 0 Å². The molecule has 62 heavy (non-hydrogen) atoms. The minimum atomic E-state index is 0.774. The van der Waals surface area contributed by atoms with Gasteiger partial charge in [0.1, 0.15) is 5.58 Å². The first-order valence-corrected chi connectivity index (χ1v) is 20.9. The molecule has 290 valence electrons. The van der Waals surface area contributed by atoms with Crippen LogP contribution in [0.25, 0.3) is 117 Å². The van der Waals surface area contributed by atoms with Crippen molar-refractivity contribution < 1.29 is 4.42 Å². The van der Waals surface area contributed by atoms with E-state index >= 15 is 0 Å². The Morgan fingerprint density at radius 1 is 0.306 bits per heavy atom. The summed E-state index contributed by atoms with van der Waals surface area (Å²) in [4.78, 5) is 0. The summed E-state index contributed by atoms with van der Waals surface area (Å²) in [5, 5.41) is 16.6. The maximum Gasteiger partial charge on any atom is 0.168 e. The lowest BCUT2D eigenvalue weighted by Gasteiger charge is -2.20. The number of furan rings is 1. The molecular weight excluding hydrogens is 759 g/mol. The van der Waals surface area contributed by atoms with Crippen molar-refractivity contribution in [1.82, 2.24) is 23.9 Å². The largest absolute Gasteiger partial charge is 0.454 e. The summed E-state index contributed by atoms with van der Waals surface area (Å²) in [6.07, 6.45) is 0. The SMILES string of the molecule is c1ccc(-c2nnc(-c3ccccc3)n2-c2cccc3c4ccccc4n(-c4ccccc4-c4ccccc4-n4c5ccccc5c5ccc6c7ccccc7oc6c54)c23)cc1. The number of aromatic nitrogens is 5. The van der Waals surface area contributed by atoms with Gasteiger partial charge in [0.2, 0.25) is 0 Å². The summed E-state index contributed by atoms with van der Waals surface area (Å²) in [7, 11) is 0. The van der Waals surface area contributed by atoms with E-state index < -0.39 is 0 Å². The lowest BCUT2D eigenvalue weighted by atomic mass is 10.0. The Bertz CT molecular complexity index is 3810. The molecule has 0 atom stereocenters. The quantitative estimate of drug-likeness (QED) is 0.168. The zero-order valence-electron chi connectivity index (χ0n) is 33.4. The molecule has 0 aliphatic carbocycles. The van der Waals surface area contributed by atoms with Crippen molar-refractivity contribution >= 4 is 65.6 Å². The molecule has 0 N–H and O–H groups in total. The van der Waals surface area contributed by atoms with Gasteiger partial charge in [0, 0.05) is 54.6 Å². The second-order valence-electron chi connectivity index (χ2n) is 15.8. The lowest BCUT2D eigenvalue weighted by Crippen LogP contribution is -2.05. The highest BCUT2D eigenvalue weighted by molar-refractivity contribution is 6.22. The Morgan fingerprint density at radius 2 is 0.758 bits per heavy atom. The first-order valence-electron chi connectivity index (χ1n) is 20.9. The summed E-state index contributed by atoms with van der Waals surface area (Å²) in [6.45, 7) is 0. The maximum absolute atomic E-state index is 6.78. The molecule has 0 saturated carbocycles. The Hall–Kier alpha value is -8.48. The minimum absolute atomic E-state index is 0.774. The van der Waals surface area contributed by atoms with Crippen LogP contribution >= 0.6 is 0 Å². The number of benzene rings is 9. The van der Waals surface area contributed by atoms with E-state index in [1.54, 1.807) is 0 Å². The van der Waals surface area contributed by atoms with Gasteiger partial charge in [0.25, 0.3) is 0 Å². The number of hydrogen-bond acceptors (Lipinski definition) is 3. The molecule has 13 rings (SSSR count). The van der Waals surface area contributed by atoms with Gasteiger partial charge in [0.15, 0.2) is 17.2 Å². The summed E-state index contributed by atoms with van der Waals surface area (Å²) in [5.74, 6) is 1.55. The van der Waals surface area contributed by atoms with Crippen LogP contribution in [0.2, 0.25) is 0 Å².